The number of likely N-dealkylation sites (tertiary alicyclic amines) is 1. The van der Waals surface area contributed by atoms with Gasteiger partial charge in [-0.05, 0) is 55.7 Å². The van der Waals surface area contributed by atoms with Gasteiger partial charge in [-0.25, -0.2) is 0 Å². The second-order valence-corrected chi connectivity index (χ2v) is 8.04. The Kier molecular flexibility index (Phi) is 4.91. The standard InChI is InChI=1S/C21H24N2O5/c1-12-3-2-4-15(9-12)22-16(24)11-28-17(25)7-8-23-20(26)18-13-5-6-14(10-13)19(18)21(23)27/h2-4,9,13-14,18-19H,5-8,10-11H2,1H3,(H,22,24)/t13-,14-,18+,19+/m0/s1. The molecule has 1 aromatic carbocycles. The monoisotopic (exact) mass is 384 g/mol. The molecule has 1 aliphatic heterocycles. The van der Waals surface area contributed by atoms with Crippen molar-refractivity contribution < 1.29 is 23.9 Å². The van der Waals surface area contributed by atoms with E-state index in [9.17, 15) is 19.2 Å². The lowest BCUT2D eigenvalue weighted by Crippen LogP contribution is -2.35. The molecule has 1 aromatic rings. The molecule has 1 N–H and O–H groups in total. The molecule has 7 nitrogen and oxygen atoms in total. The topological polar surface area (TPSA) is 92.8 Å². The van der Waals surface area contributed by atoms with E-state index in [0.29, 0.717) is 17.5 Å². The normalized spacial score (nSPS) is 27.8. The maximum Gasteiger partial charge on any atom is 0.308 e. The lowest BCUT2D eigenvalue weighted by molar-refractivity contribution is -0.149. The molecule has 3 fully saturated rings. The molecule has 2 bridgehead atoms. The van der Waals surface area contributed by atoms with E-state index >= 15 is 0 Å². The van der Waals surface area contributed by atoms with Crippen LogP contribution >= 0.6 is 0 Å². The summed E-state index contributed by atoms with van der Waals surface area (Å²) in [6.45, 7) is 1.54. The van der Waals surface area contributed by atoms with Crippen LogP contribution in [0.15, 0.2) is 24.3 Å². The molecule has 7 heteroatoms. The Balaban J connectivity index is 1.23. The van der Waals surface area contributed by atoms with E-state index < -0.39 is 18.5 Å². The molecular weight excluding hydrogens is 360 g/mol. The van der Waals surface area contributed by atoms with Crippen molar-refractivity contribution in [2.75, 3.05) is 18.5 Å². The van der Waals surface area contributed by atoms with Crippen molar-refractivity contribution in [2.24, 2.45) is 23.7 Å². The Labute approximate surface area is 163 Å². The lowest BCUT2D eigenvalue weighted by atomic mass is 9.81. The first-order valence-corrected chi connectivity index (χ1v) is 9.81. The molecule has 2 aliphatic carbocycles. The first-order valence-electron chi connectivity index (χ1n) is 9.81. The summed E-state index contributed by atoms with van der Waals surface area (Å²) in [6.07, 6.45) is 2.94. The van der Waals surface area contributed by atoms with Crippen molar-refractivity contribution in [1.82, 2.24) is 4.90 Å². The van der Waals surface area contributed by atoms with Gasteiger partial charge >= 0.3 is 5.97 Å². The molecule has 3 amide bonds. The van der Waals surface area contributed by atoms with Crippen LogP contribution in [0.1, 0.15) is 31.2 Å². The summed E-state index contributed by atoms with van der Waals surface area (Å²) in [5.41, 5.74) is 1.64. The Bertz CT molecular complexity index is 808. The zero-order valence-corrected chi connectivity index (χ0v) is 15.8. The number of carbonyl (C=O) groups is 4. The summed E-state index contributed by atoms with van der Waals surface area (Å²) < 4.78 is 4.98. The fraction of sp³-hybridized carbons (Fsp3) is 0.524. The summed E-state index contributed by atoms with van der Waals surface area (Å²) in [6, 6.07) is 7.30. The number of fused-ring (bicyclic) bond motifs is 5. The molecule has 2 saturated carbocycles. The molecule has 1 saturated heterocycles. The van der Waals surface area contributed by atoms with Crippen LogP contribution < -0.4 is 5.32 Å². The summed E-state index contributed by atoms with van der Waals surface area (Å²) in [5.74, 6) is -0.995. The highest BCUT2D eigenvalue weighted by atomic mass is 16.5. The number of imide groups is 1. The van der Waals surface area contributed by atoms with Crippen molar-refractivity contribution in [3.8, 4) is 0 Å². The number of aryl methyl sites for hydroxylation is 1. The van der Waals surface area contributed by atoms with Gasteiger partial charge in [-0.15, -0.1) is 0 Å². The third kappa shape index (κ3) is 3.41. The number of anilines is 1. The highest BCUT2D eigenvalue weighted by molar-refractivity contribution is 6.06. The summed E-state index contributed by atoms with van der Waals surface area (Å²) in [7, 11) is 0. The smallest absolute Gasteiger partial charge is 0.308 e. The molecule has 28 heavy (non-hydrogen) atoms. The number of hydrogen-bond donors (Lipinski definition) is 1. The molecule has 1 heterocycles. The van der Waals surface area contributed by atoms with Crippen molar-refractivity contribution in [2.45, 2.75) is 32.6 Å². The number of rotatable bonds is 6. The van der Waals surface area contributed by atoms with Gasteiger partial charge < -0.3 is 10.1 Å². The van der Waals surface area contributed by atoms with Crippen LogP contribution in [0, 0.1) is 30.6 Å². The average molecular weight is 384 g/mol. The highest BCUT2D eigenvalue weighted by Gasteiger charge is 2.60. The van der Waals surface area contributed by atoms with Crippen LogP contribution in [0.3, 0.4) is 0 Å². The van der Waals surface area contributed by atoms with E-state index in [1.54, 1.807) is 6.07 Å². The number of nitrogens with zero attached hydrogens (tertiary/aromatic N) is 1. The SMILES string of the molecule is Cc1cccc(NC(=O)COC(=O)CCN2C(=O)[C@@H]3[C@H]4CC[C@@H](C4)[C@H]3C2=O)c1. The number of carbonyl (C=O) groups excluding carboxylic acids is 4. The highest BCUT2D eigenvalue weighted by Crippen LogP contribution is 2.56. The van der Waals surface area contributed by atoms with Gasteiger partial charge in [0, 0.05) is 12.2 Å². The lowest BCUT2D eigenvalue weighted by Gasteiger charge is -2.19. The maximum absolute atomic E-state index is 12.6. The van der Waals surface area contributed by atoms with Crippen LogP contribution in [0.25, 0.3) is 0 Å². The Hall–Kier alpha value is -2.70. The summed E-state index contributed by atoms with van der Waals surface area (Å²) in [4.78, 5) is 50.3. The van der Waals surface area contributed by atoms with Crippen molar-refractivity contribution >= 4 is 29.4 Å². The minimum absolute atomic E-state index is 0.0302. The number of hydrogen-bond acceptors (Lipinski definition) is 5. The number of benzene rings is 1. The molecule has 0 aromatic heterocycles. The predicted molar refractivity (Wildman–Crippen MR) is 99.9 cm³/mol. The van der Waals surface area contributed by atoms with Gasteiger partial charge in [0.2, 0.25) is 11.8 Å². The third-order valence-electron chi connectivity index (χ3n) is 6.22. The molecule has 0 unspecified atom stereocenters. The Morgan fingerprint density at radius 1 is 1.14 bits per heavy atom. The third-order valence-corrected chi connectivity index (χ3v) is 6.22. The van der Waals surface area contributed by atoms with Gasteiger partial charge in [0.25, 0.3) is 5.91 Å². The van der Waals surface area contributed by atoms with Gasteiger partial charge in [0.15, 0.2) is 6.61 Å². The fourth-order valence-electron chi connectivity index (χ4n) is 5.03. The quantitative estimate of drug-likeness (QED) is 0.597. The zero-order chi connectivity index (χ0) is 19.8. The van der Waals surface area contributed by atoms with Crippen molar-refractivity contribution in [3.63, 3.8) is 0 Å². The van der Waals surface area contributed by atoms with E-state index in [0.717, 1.165) is 24.8 Å². The van der Waals surface area contributed by atoms with Gasteiger partial charge in [0.05, 0.1) is 18.3 Å². The first-order chi connectivity index (χ1) is 13.4. The van der Waals surface area contributed by atoms with Gasteiger partial charge in [-0.3, -0.25) is 24.1 Å². The number of amides is 3. The molecule has 0 spiro atoms. The molecule has 4 rings (SSSR count). The largest absolute Gasteiger partial charge is 0.456 e. The van der Waals surface area contributed by atoms with Crippen LogP contribution in [0.5, 0.6) is 0 Å². The van der Waals surface area contributed by atoms with Crippen molar-refractivity contribution in [1.29, 1.82) is 0 Å². The average Bonchev–Trinajstić information content (AvgIpc) is 3.33. The van der Waals surface area contributed by atoms with E-state index in [1.165, 1.54) is 4.90 Å². The van der Waals surface area contributed by atoms with Crippen molar-refractivity contribution in [3.05, 3.63) is 29.8 Å². The first kappa shape index (κ1) is 18.7. The van der Waals surface area contributed by atoms with Crippen LogP contribution in [-0.4, -0.2) is 41.7 Å². The van der Waals surface area contributed by atoms with Gasteiger partial charge in [-0.2, -0.15) is 0 Å². The minimum Gasteiger partial charge on any atom is -0.456 e. The predicted octanol–water partition coefficient (Wildman–Crippen LogP) is 1.90. The zero-order valence-electron chi connectivity index (χ0n) is 15.8. The number of ether oxygens (including phenoxy) is 1. The van der Waals surface area contributed by atoms with Gasteiger partial charge in [0.1, 0.15) is 0 Å². The van der Waals surface area contributed by atoms with Gasteiger partial charge in [-0.1, -0.05) is 12.1 Å². The van der Waals surface area contributed by atoms with E-state index in [-0.39, 0.29) is 36.6 Å². The summed E-state index contributed by atoms with van der Waals surface area (Å²) in [5, 5.41) is 2.66. The fourth-order valence-corrected chi connectivity index (χ4v) is 5.03. The number of esters is 1. The van der Waals surface area contributed by atoms with Crippen LogP contribution in [0.2, 0.25) is 0 Å². The second kappa shape index (κ2) is 7.37. The Morgan fingerprint density at radius 3 is 2.46 bits per heavy atom. The van der Waals surface area contributed by atoms with E-state index in [1.807, 2.05) is 25.1 Å². The molecule has 4 atom stereocenters. The van der Waals surface area contributed by atoms with E-state index in [2.05, 4.69) is 5.32 Å². The van der Waals surface area contributed by atoms with E-state index in [4.69, 9.17) is 4.74 Å². The maximum atomic E-state index is 12.6. The summed E-state index contributed by atoms with van der Waals surface area (Å²) >= 11 is 0. The molecule has 148 valence electrons. The second-order valence-electron chi connectivity index (χ2n) is 8.04. The Morgan fingerprint density at radius 2 is 1.82 bits per heavy atom. The molecular formula is C21H24N2O5. The van der Waals surface area contributed by atoms with Crippen LogP contribution in [-0.2, 0) is 23.9 Å². The minimum atomic E-state index is -0.597. The molecule has 3 aliphatic rings. The number of nitrogens with one attached hydrogen (secondary N) is 1. The molecule has 0 radical (unpaired) electrons. The van der Waals surface area contributed by atoms with Crippen LogP contribution in [0.4, 0.5) is 5.69 Å².